The number of aromatic nitrogens is 4. The van der Waals surface area contributed by atoms with Crippen molar-refractivity contribution >= 4 is 0 Å². The predicted octanol–water partition coefficient (Wildman–Crippen LogP) is 4.13. The second-order valence-corrected chi connectivity index (χ2v) is 7.24. The highest BCUT2D eigenvalue weighted by atomic mass is 19.1. The van der Waals surface area contributed by atoms with Crippen LogP contribution in [0.25, 0.3) is 22.6 Å². The zero-order chi connectivity index (χ0) is 21.8. The maximum absolute atomic E-state index is 13.1. The van der Waals surface area contributed by atoms with Crippen LogP contribution in [0.3, 0.4) is 0 Å². The van der Waals surface area contributed by atoms with Crippen molar-refractivity contribution in [1.29, 1.82) is 0 Å². The fourth-order valence-electron chi connectivity index (χ4n) is 3.01. The Morgan fingerprint density at radius 3 is 2.42 bits per heavy atom. The van der Waals surface area contributed by atoms with Gasteiger partial charge in [0.1, 0.15) is 11.6 Å². The predicted molar refractivity (Wildman–Crippen MR) is 113 cm³/mol. The van der Waals surface area contributed by atoms with Crippen LogP contribution >= 0.6 is 0 Å². The molecule has 0 bridgehead atoms. The molecule has 2 heterocycles. The minimum Gasteiger partial charge on any atom is -0.491 e. The molecule has 0 N–H and O–H groups in total. The average molecular weight is 420 g/mol. The summed E-state index contributed by atoms with van der Waals surface area (Å²) in [6.07, 6.45) is 0.447. The summed E-state index contributed by atoms with van der Waals surface area (Å²) < 4.78 is 25.4. The summed E-state index contributed by atoms with van der Waals surface area (Å²) >= 11 is 0. The molecule has 0 aliphatic heterocycles. The van der Waals surface area contributed by atoms with E-state index in [9.17, 15) is 9.18 Å². The van der Waals surface area contributed by atoms with Crippen molar-refractivity contribution in [2.45, 2.75) is 32.9 Å². The molecule has 0 aliphatic carbocycles. The average Bonchev–Trinajstić information content (AvgIpc) is 3.23. The maximum Gasteiger partial charge on any atom is 0.266 e. The van der Waals surface area contributed by atoms with Gasteiger partial charge >= 0.3 is 0 Å². The molecule has 2 aromatic carbocycles. The zero-order valence-electron chi connectivity index (χ0n) is 17.2. The molecule has 0 unspecified atom stereocenters. The summed E-state index contributed by atoms with van der Waals surface area (Å²) in [5.74, 6) is 1.31. The summed E-state index contributed by atoms with van der Waals surface area (Å²) in [7, 11) is 0. The van der Waals surface area contributed by atoms with Crippen molar-refractivity contribution in [3.63, 3.8) is 0 Å². The first kappa shape index (κ1) is 20.5. The smallest absolute Gasteiger partial charge is 0.266 e. The molecule has 0 saturated carbocycles. The largest absolute Gasteiger partial charge is 0.491 e. The van der Waals surface area contributed by atoms with Gasteiger partial charge in [0.25, 0.3) is 5.56 Å². The fourth-order valence-corrected chi connectivity index (χ4v) is 3.01. The zero-order valence-corrected chi connectivity index (χ0v) is 17.2. The van der Waals surface area contributed by atoms with Crippen LogP contribution < -0.4 is 10.3 Å². The van der Waals surface area contributed by atoms with E-state index in [2.05, 4.69) is 15.2 Å². The minimum absolute atomic E-state index is 0.0983. The Labute approximate surface area is 178 Å². The molecule has 0 atom stereocenters. The number of aryl methyl sites for hydroxylation is 2. The molecule has 0 amide bonds. The van der Waals surface area contributed by atoms with E-state index in [1.54, 1.807) is 18.2 Å². The van der Waals surface area contributed by atoms with Crippen molar-refractivity contribution in [2.24, 2.45) is 0 Å². The molecular weight excluding hydrogens is 399 g/mol. The van der Waals surface area contributed by atoms with Gasteiger partial charge in [-0.3, -0.25) is 4.79 Å². The van der Waals surface area contributed by atoms with E-state index in [0.29, 0.717) is 23.8 Å². The first-order chi connectivity index (χ1) is 15.0. The van der Waals surface area contributed by atoms with Crippen molar-refractivity contribution < 1.29 is 13.7 Å². The molecule has 0 radical (unpaired) electrons. The fraction of sp³-hybridized carbons (Fsp3) is 0.217. The lowest BCUT2D eigenvalue weighted by Gasteiger charge is -2.09. The van der Waals surface area contributed by atoms with Crippen molar-refractivity contribution in [1.82, 2.24) is 19.9 Å². The van der Waals surface area contributed by atoms with E-state index in [1.807, 2.05) is 38.1 Å². The number of ether oxygens (including phenoxy) is 1. The second kappa shape index (κ2) is 8.91. The topological polar surface area (TPSA) is 83.0 Å². The van der Waals surface area contributed by atoms with Gasteiger partial charge in [0, 0.05) is 23.6 Å². The van der Waals surface area contributed by atoms with Gasteiger partial charge in [-0.15, -0.1) is 0 Å². The number of halogens is 1. The number of hydrogen-bond acceptors (Lipinski definition) is 6. The second-order valence-electron chi connectivity index (χ2n) is 7.24. The van der Waals surface area contributed by atoms with Crippen LogP contribution in [0.5, 0.6) is 5.75 Å². The Kier molecular flexibility index (Phi) is 5.88. The molecule has 4 rings (SSSR count). The molecule has 0 aliphatic rings. The lowest BCUT2D eigenvalue weighted by Crippen LogP contribution is -2.23. The van der Waals surface area contributed by atoms with Gasteiger partial charge in [-0.2, -0.15) is 10.1 Å². The number of rotatable bonds is 7. The SMILES string of the molecule is CC(C)Oc1ccc(-c2noc(CCn3nc(-c4ccc(F)cc4)ccc3=O)n2)cc1. The van der Waals surface area contributed by atoms with Gasteiger partial charge in [0.15, 0.2) is 0 Å². The first-order valence-corrected chi connectivity index (χ1v) is 9.92. The quantitative estimate of drug-likeness (QED) is 0.447. The van der Waals surface area contributed by atoms with Crippen LogP contribution in [0, 0.1) is 5.82 Å². The van der Waals surface area contributed by atoms with E-state index in [4.69, 9.17) is 9.26 Å². The van der Waals surface area contributed by atoms with Crippen LogP contribution in [0.15, 0.2) is 70.0 Å². The van der Waals surface area contributed by atoms with E-state index in [0.717, 1.165) is 16.9 Å². The molecule has 0 fully saturated rings. The van der Waals surface area contributed by atoms with Gasteiger partial charge in [-0.05, 0) is 68.4 Å². The summed E-state index contributed by atoms with van der Waals surface area (Å²) in [6, 6.07) is 16.4. The van der Waals surface area contributed by atoms with Gasteiger partial charge in [-0.25, -0.2) is 9.07 Å². The standard InChI is InChI=1S/C23H21FN4O3/c1-15(2)30-19-9-5-17(6-10-19)23-25-21(31-27-23)13-14-28-22(29)12-11-20(26-28)16-3-7-18(24)8-4-16/h3-12,15H,13-14H2,1-2H3. The highest BCUT2D eigenvalue weighted by Crippen LogP contribution is 2.21. The molecule has 31 heavy (non-hydrogen) atoms. The van der Waals surface area contributed by atoms with Gasteiger partial charge in [-0.1, -0.05) is 5.16 Å². The summed E-state index contributed by atoms with van der Waals surface area (Å²) in [6.45, 7) is 4.21. The molecule has 0 spiro atoms. The van der Waals surface area contributed by atoms with Gasteiger partial charge < -0.3 is 9.26 Å². The van der Waals surface area contributed by atoms with E-state index >= 15 is 0 Å². The van der Waals surface area contributed by atoms with Crippen molar-refractivity contribution in [2.75, 3.05) is 0 Å². The van der Waals surface area contributed by atoms with Gasteiger partial charge in [0.2, 0.25) is 11.7 Å². The minimum atomic E-state index is -0.327. The lowest BCUT2D eigenvalue weighted by molar-refractivity contribution is 0.242. The number of nitrogens with zero attached hydrogens (tertiary/aromatic N) is 4. The van der Waals surface area contributed by atoms with Crippen molar-refractivity contribution in [3.8, 4) is 28.4 Å². The first-order valence-electron chi connectivity index (χ1n) is 9.92. The highest BCUT2D eigenvalue weighted by molar-refractivity contribution is 5.58. The number of hydrogen-bond donors (Lipinski definition) is 0. The third-order valence-electron chi connectivity index (χ3n) is 4.50. The highest BCUT2D eigenvalue weighted by Gasteiger charge is 2.11. The summed E-state index contributed by atoms with van der Waals surface area (Å²) in [5.41, 5.74) is 1.86. The van der Waals surface area contributed by atoms with Gasteiger partial charge in [0.05, 0.1) is 18.3 Å². The van der Waals surface area contributed by atoms with E-state index in [-0.39, 0.29) is 24.0 Å². The van der Waals surface area contributed by atoms with Crippen LogP contribution in [0.1, 0.15) is 19.7 Å². The molecule has 0 saturated heterocycles. The molecule has 7 nitrogen and oxygen atoms in total. The summed E-state index contributed by atoms with van der Waals surface area (Å²) in [5, 5.41) is 8.38. The normalized spacial score (nSPS) is 11.1. The van der Waals surface area contributed by atoms with Crippen LogP contribution in [-0.4, -0.2) is 26.0 Å². The lowest BCUT2D eigenvalue weighted by atomic mass is 10.1. The number of benzene rings is 2. The molecule has 8 heteroatoms. The Hall–Kier alpha value is -3.81. The molecule has 4 aromatic rings. The van der Waals surface area contributed by atoms with E-state index < -0.39 is 0 Å². The third-order valence-corrected chi connectivity index (χ3v) is 4.50. The molecular formula is C23H21FN4O3. The van der Waals surface area contributed by atoms with E-state index in [1.165, 1.54) is 22.9 Å². The van der Waals surface area contributed by atoms with Crippen molar-refractivity contribution in [3.05, 3.63) is 82.7 Å². The molecule has 2 aromatic heterocycles. The Morgan fingerprint density at radius 1 is 1.00 bits per heavy atom. The third kappa shape index (κ3) is 5.03. The maximum atomic E-state index is 13.1. The molecule has 158 valence electrons. The Morgan fingerprint density at radius 2 is 1.71 bits per heavy atom. The Balaban J connectivity index is 1.45. The van der Waals surface area contributed by atoms with Crippen LogP contribution in [-0.2, 0) is 13.0 Å². The van der Waals surface area contributed by atoms with Crippen LogP contribution in [0.2, 0.25) is 0 Å². The van der Waals surface area contributed by atoms with Crippen LogP contribution in [0.4, 0.5) is 4.39 Å². The Bertz CT molecular complexity index is 1210. The monoisotopic (exact) mass is 420 g/mol. The summed E-state index contributed by atoms with van der Waals surface area (Å²) in [4.78, 5) is 16.6.